The molecule has 0 aliphatic carbocycles. The molecule has 0 heterocycles. The molecule has 0 aromatic heterocycles. The van der Waals surface area contributed by atoms with Crippen LogP contribution in [0.15, 0.2) is 0 Å². The van der Waals surface area contributed by atoms with Crippen LogP contribution in [0.2, 0.25) is 0 Å². The van der Waals surface area contributed by atoms with Crippen molar-refractivity contribution in [3.8, 4) is 0 Å². The van der Waals surface area contributed by atoms with E-state index >= 15 is 0 Å². The highest BCUT2D eigenvalue weighted by atomic mass is 16.3. The second-order valence-corrected chi connectivity index (χ2v) is 6.78. The van der Waals surface area contributed by atoms with Crippen LogP contribution in [0.5, 0.6) is 0 Å². The van der Waals surface area contributed by atoms with Gasteiger partial charge < -0.3 is 21.3 Å². The molecule has 148 valence electrons. The molecule has 0 rings (SSSR count). The Bertz CT molecular complexity index is 391. The lowest BCUT2D eigenvalue weighted by molar-refractivity contribution is -0.125. The van der Waals surface area contributed by atoms with Crippen LogP contribution < -0.4 is 21.7 Å². The van der Waals surface area contributed by atoms with Gasteiger partial charge in [0, 0.05) is 13.0 Å². The van der Waals surface area contributed by atoms with Gasteiger partial charge in [-0.25, -0.2) is 0 Å². The van der Waals surface area contributed by atoms with Gasteiger partial charge in [0.15, 0.2) is 0 Å². The van der Waals surface area contributed by atoms with Crippen LogP contribution in [-0.4, -0.2) is 53.1 Å². The minimum Gasteiger partial charge on any atom is -0.379 e. The van der Waals surface area contributed by atoms with Crippen molar-refractivity contribution >= 4 is 11.8 Å². The van der Waals surface area contributed by atoms with E-state index in [0.29, 0.717) is 19.4 Å². The van der Waals surface area contributed by atoms with Gasteiger partial charge in [0.25, 0.3) is 0 Å². The van der Waals surface area contributed by atoms with E-state index in [9.17, 15) is 19.8 Å². The normalized spacial score (nSPS) is 16.3. The molecule has 0 fully saturated rings. The lowest BCUT2D eigenvalue weighted by Gasteiger charge is -2.32. The molecular weight excluding hydrogens is 324 g/mol. The number of aliphatic hydroxyl groups is 2. The Balaban J connectivity index is 4.71. The summed E-state index contributed by atoms with van der Waals surface area (Å²) in [6, 6.07) is -0.938. The first-order chi connectivity index (χ1) is 11.7. The van der Waals surface area contributed by atoms with Gasteiger partial charge in [0.05, 0.1) is 12.1 Å². The molecular formula is C17H36N4O4. The van der Waals surface area contributed by atoms with Crippen LogP contribution in [-0.2, 0) is 9.59 Å². The number of nitrogens with one attached hydrogen (secondary N) is 3. The van der Waals surface area contributed by atoms with Crippen molar-refractivity contribution in [1.82, 2.24) is 16.0 Å². The Morgan fingerprint density at radius 3 is 2.20 bits per heavy atom. The number of amides is 2. The van der Waals surface area contributed by atoms with Crippen molar-refractivity contribution < 1.29 is 19.8 Å². The lowest BCUT2D eigenvalue weighted by atomic mass is 10.0. The van der Waals surface area contributed by atoms with Gasteiger partial charge >= 0.3 is 0 Å². The summed E-state index contributed by atoms with van der Waals surface area (Å²) in [5.41, 5.74) is 5.08. The van der Waals surface area contributed by atoms with Crippen molar-refractivity contribution in [2.24, 2.45) is 11.7 Å². The Morgan fingerprint density at radius 1 is 1.08 bits per heavy atom. The van der Waals surface area contributed by atoms with Crippen molar-refractivity contribution in [3.63, 3.8) is 0 Å². The maximum atomic E-state index is 12.4. The molecule has 0 aromatic rings. The lowest BCUT2D eigenvalue weighted by Crippen LogP contribution is -2.58. The van der Waals surface area contributed by atoms with Gasteiger partial charge in [-0.15, -0.1) is 0 Å². The van der Waals surface area contributed by atoms with Gasteiger partial charge in [-0.05, 0) is 25.7 Å². The molecule has 0 spiro atoms. The summed E-state index contributed by atoms with van der Waals surface area (Å²) >= 11 is 0. The summed E-state index contributed by atoms with van der Waals surface area (Å²) in [5.74, 6) is -0.548. The van der Waals surface area contributed by atoms with Crippen LogP contribution in [0, 0.1) is 5.92 Å². The number of unbranched alkanes of at least 4 members (excludes halogenated alkanes) is 1. The van der Waals surface area contributed by atoms with E-state index in [4.69, 9.17) is 5.73 Å². The SMILES string of the molecule is CCCC[C@H](NC(O)C(N[C@H](C)O)C(C)C)C(=O)NCCCC(N)=O. The van der Waals surface area contributed by atoms with Gasteiger partial charge in [-0.1, -0.05) is 33.6 Å². The molecule has 4 atom stereocenters. The number of hydrogen-bond donors (Lipinski definition) is 6. The summed E-state index contributed by atoms with van der Waals surface area (Å²) in [7, 11) is 0. The predicted octanol–water partition coefficient (Wildman–Crippen LogP) is -0.213. The van der Waals surface area contributed by atoms with E-state index in [-0.39, 0.29) is 18.2 Å². The summed E-state index contributed by atoms with van der Waals surface area (Å²) in [5, 5.41) is 28.6. The van der Waals surface area contributed by atoms with Crippen molar-refractivity contribution in [2.75, 3.05) is 6.54 Å². The molecule has 2 amide bonds. The fourth-order valence-corrected chi connectivity index (χ4v) is 2.53. The zero-order valence-electron chi connectivity index (χ0n) is 15.9. The number of aliphatic hydroxyl groups excluding tert-OH is 2. The van der Waals surface area contributed by atoms with E-state index in [0.717, 1.165) is 12.8 Å². The number of nitrogens with two attached hydrogens (primary N) is 1. The largest absolute Gasteiger partial charge is 0.379 e. The third-order valence-electron chi connectivity index (χ3n) is 3.93. The maximum absolute atomic E-state index is 12.4. The third-order valence-corrected chi connectivity index (χ3v) is 3.93. The molecule has 0 aliphatic heterocycles. The van der Waals surface area contributed by atoms with Crippen LogP contribution in [0.1, 0.15) is 59.8 Å². The molecule has 0 aliphatic rings. The minimum atomic E-state index is -0.979. The van der Waals surface area contributed by atoms with Crippen LogP contribution >= 0.6 is 0 Å². The Kier molecular flexibility index (Phi) is 12.4. The summed E-state index contributed by atoms with van der Waals surface area (Å²) in [4.78, 5) is 23.1. The highest BCUT2D eigenvalue weighted by molar-refractivity contribution is 5.81. The van der Waals surface area contributed by atoms with E-state index in [2.05, 4.69) is 16.0 Å². The number of hydrogen-bond acceptors (Lipinski definition) is 6. The Hall–Kier alpha value is -1.22. The molecule has 7 N–H and O–H groups in total. The highest BCUT2D eigenvalue weighted by Gasteiger charge is 2.28. The van der Waals surface area contributed by atoms with Crippen LogP contribution in [0.4, 0.5) is 0 Å². The first kappa shape index (κ1) is 23.8. The van der Waals surface area contributed by atoms with Crippen LogP contribution in [0.3, 0.4) is 0 Å². The molecule has 0 bridgehead atoms. The molecule has 0 saturated carbocycles. The van der Waals surface area contributed by atoms with Crippen molar-refractivity contribution in [2.45, 2.75) is 84.3 Å². The zero-order chi connectivity index (χ0) is 19.4. The third kappa shape index (κ3) is 11.1. The summed E-state index contributed by atoms with van der Waals surface area (Å²) in [6.07, 6.45) is 1.34. The van der Waals surface area contributed by atoms with Gasteiger partial charge in [-0.2, -0.15) is 0 Å². The molecule has 25 heavy (non-hydrogen) atoms. The second kappa shape index (κ2) is 13.0. The average Bonchev–Trinajstić information content (AvgIpc) is 2.52. The number of primary amides is 1. The quantitative estimate of drug-likeness (QED) is 0.187. The predicted molar refractivity (Wildman–Crippen MR) is 97.3 cm³/mol. The molecule has 8 heteroatoms. The summed E-state index contributed by atoms with van der Waals surface area (Å²) < 4.78 is 0. The van der Waals surface area contributed by atoms with Gasteiger partial charge in [-0.3, -0.25) is 20.2 Å². The standard InChI is InChI=1S/C17H36N4O4/c1-5-6-8-13(16(24)19-10-7-9-14(18)23)21-17(25)15(11(2)3)20-12(4)22/h11-13,15,17,20-22,25H,5-10H2,1-4H3,(H2,18,23)(H,19,24)/t12-,13-,15?,17?/m0/s1. The number of carbonyl (C=O) groups excluding carboxylic acids is 2. The van der Waals surface area contributed by atoms with Gasteiger partial charge in [0.2, 0.25) is 11.8 Å². The molecule has 0 saturated heterocycles. The fourth-order valence-electron chi connectivity index (χ4n) is 2.53. The van der Waals surface area contributed by atoms with Crippen molar-refractivity contribution in [3.05, 3.63) is 0 Å². The smallest absolute Gasteiger partial charge is 0.237 e. The van der Waals surface area contributed by atoms with Crippen molar-refractivity contribution in [1.29, 1.82) is 0 Å². The van der Waals surface area contributed by atoms with E-state index in [1.165, 1.54) is 0 Å². The second-order valence-electron chi connectivity index (χ2n) is 6.78. The number of carbonyl (C=O) groups is 2. The maximum Gasteiger partial charge on any atom is 0.237 e. The topological polar surface area (TPSA) is 137 Å². The van der Waals surface area contributed by atoms with E-state index in [1.807, 2.05) is 20.8 Å². The first-order valence-electron chi connectivity index (χ1n) is 9.13. The average molecular weight is 360 g/mol. The number of rotatable bonds is 14. The first-order valence-corrected chi connectivity index (χ1v) is 9.13. The Morgan fingerprint density at radius 2 is 1.72 bits per heavy atom. The zero-order valence-corrected chi connectivity index (χ0v) is 15.9. The summed E-state index contributed by atoms with van der Waals surface area (Å²) in [6.45, 7) is 7.83. The van der Waals surface area contributed by atoms with E-state index < -0.39 is 30.4 Å². The Labute approximate surface area is 150 Å². The minimum absolute atomic E-state index is 0.0579. The molecule has 8 nitrogen and oxygen atoms in total. The molecule has 0 radical (unpaired) electrons. The molecule has 2 unspecified atom stereocenters. The monoisotopic (exact) mass is 360 g/mol. The fraction of sp³-hybridized carbons (Fsp3) is 0.882. The van der Waals surface area contributed by atoms with Crippen LogP contribution in [0.25, 0.3) is 0 Å². The highest BCUT2D eigenvalue weighted by Crippen LogP contribution is 2.09. The molecule has 0 aromatic carbocycles. The van der Waals surface area contributed by atoms with E-state index in [1.54, 1.807) is 6.92 Å². The van der Waals surface area contributed by atoms with Gasteiger partial charge in [0.1, 0.15) is 12.5 Å².